The second-order valence-electron chi connectivity index (χ2n) is 18.1. The van der Waals surface area contributed by atoms with Gasteiger partial charge in [0.05, 0.1) is 53.6 Å². The van der Waals surface area contributed by atoms with E-state index >= 15 is 0 Å². The number of ether oxygens (including phenoxy) is 2. The van der Waals surface area contributed by atoms with Crippen LogP contribution in [0.4, 0.5) is 0 Å². The van der Waals surface area contributed by atoms with E-state index in [9.17, 15) is 43.2 Å². The molecule has 0 aliphatic rings. The zero-order valence-corrected chi connectivity index (χ0v) is 108. The maximum Gasteiger partial charge on any atom is 0.204 e. The van der Waals surface area contributed by atoms with Crippen molar-refractivity contribution < 1.29 is 19.4 Å². The molecule has 0 fully saturated rings. The minimum Gasteiger partial charge on any atom is -0.493 e. The Labute approximate surface area is 878 Å². The molecule has 2 heterocycles. The molecule has 0 aliphatic heterocycles. The number of aliphatic hydroxyl groups is 1. The fraction of sp³-hybridized carbons (Fsp3) is 0.146. The molecule has 0 radical (unpaired) electrons. The highest BCUT2D eigenvalue weighted by Crippen LogP contribution is 2.32. The Morgan fingerprint density at radius 1 is 0.287 bits per heavy atom. The number of aliphatic hydroxyl groups excluding tert-OH is 1. The normalized spacial score (nSPS) is 9.57. The summed E-state index contributed by atoms with van der Waals surface area (Å²) >= 11 is 21.0. The van der Waals surface area contributed by atoms with E-state index in [-0.39, 0.29) is 126 Å². The lowest BCUT2D eigenvalue weighted by Gasteiger charge is -2.06. The van der Waals surface area contributed by atoms with E-state index in [4.69, 9.17) is 59.3 Å². The van der Waals surface area contributed by atoms with E-state index in [1.54, 1.807) is 309 Å². The molecule has 668 valence electrons. The molecule has 74 heteroatoms. The molecule has 0 atom stereocenters. The van der Waals surface area contributed by atoms with Gasteiger partial charge in [0.2, 0.25) is 21.7 Å². The Balaban J connectivity index is 0.000000249. The van der Waals surface area contributed by atoms with Gasteiger partial charge >= 0.3 is 0 Å². The SMILES string of the molecule is CPC.O=CCCOc1ccc2c(=O)c3sc4c(=O)c5ccccc5c(=O)c4c3c(=O)c2c1.O=c1c2ccccc2c(=O)c2c1sc1c(=O)c3ccc(OCCCO)cc3c(=O)c12.S=S=S=S=S=S=S=S=S=S=S=S=S=S=S=S=S=S=S=S=S=S=S=S=S=S=S=S=S.S=S=S=S=S=S=S=S=S=S=S=S=S=S=S=S=S=S=S=S=S=S=S=S=S=S=S=S=S=S. The lowest BCUT2D eigenvalue weighted by molar-refractivity contribution is -0.108. The first-order valence-electron chi connectivity index (χ1n) is 29.0. The molecule has 122 heavy (non-hydrogen) atoms. The van der Waals surface area contributed by atoms with Crippen molar-refractivity contribution in [2.45, 2.75) is 12.8 Å². The van der Waals surface area contributed by atoms with E-state index in [2.05, 4.69) is 13.3 Å². The summed E-state index contributed by atoms with van der Waals surface area (Å²) in [6, 6.07) is 22.0. The summed E-state index contributed by atoms with van der Waals surface area (Å²) < 4.78 is 11.5. The third-order valence-corrected chi connectivity index (χ3v) is 132. The standard InChI is InChI=1S/C23H14O6S.C23H12O6S.C2H7P.S30.S29/c2*24-8-3-9-29-11-6-7-14-15(10-11)19(26)17-16-18(25)12-4-1-2-5-13(12)20(27)22(16)30-23(17)21(14)28;1-3-2;1-3-5-7-9-11-13-15-17-19-21-23-25-27-29-30-28-26-24-22-20-18-16-14-12-10-8-6-4-2;1-3-5-7-9-11-13-15-17-19-21-23-25-27-29-28-26-24-22-20-18-16-14-12-10-8-6-4-2/h1-2,4-7,10,24H,3,8-9H2;1-2,4-8,10H,3,9H2;3H,1-2H3;;. The number of carbonyl (C=O) groups is 1. The summed E-state index contributed by atoms with van der Waals surface area (Å²) in [6.45, 7) is 4.69. The predicted octanol–water partition coefficient (Wildman–Crippen LogP) is 5.87. The van der Waals surface area contributed by atoms with Crippen molar-refractivity contribution in [1.29, 1.82) is 0 Å². The first-order chi connectivity index (χ1) is 59.8. The molecule has 0 spiro atoms. The zero-order chi connectivity index (χ0) is 87.6. The summed E-state index contributed by atoms with van der Waals surface area (Å²) in [5.41, 5.74) is -3.30. The van der Waals surface area contributed by atoms with Crippen LogP contribution in [0.5, 0.6) is 11.5 Å². The third kappa shape index (κ3) is 43.6. The summed E-state index contributed by atoms with van der Waals surface area (Å²) in [5, 5.41) is 10.6. The fourth-order valence-electron chi connectivity index (χ4n) is 8.21. The van der Waals surface area contributed by atoms with E-state index in [0.29, 0.717) is 17.9 Å². The van der Waals surface area contributed by atoms with E-state index in [1.807, 2.05) is 204 Å². The maximum atomic E-state index is 13.3. The van der Waals surface area contributed by atoms with Crippen molar-refractivity contribution in [2.75, 3.05) is 33.2 Å². The van der Waals surface area contributed by atoms with Crippen molar-refractivity contribution in [3.8, 4) is 11.5 Å². The minimum absolute atomic E-state index is 0.00728. The lowest BCUT2D eigenvalue weighted by Crippen LogP contribution is -2.15. The van der Waals surface area contributed by atoms with Gasteiger partial charge in [-0.15, -0.1) is 31.3 Å². The molecule has 0 aliphatic carbocycles. The van der Waals surface area contributed by atoms with Crippen LogP contribution in [0, 0.1) is 0 Å². The number of hydrogen-bond donors (Lipinski definition) is 1. The van der Waals surface area contributed by atoms with Crippen LogP contribution in [0.1, 0.15) is 12.8 Å². The van der Waals surface area contributed by atoms with Gasteiger partial charge in [-0.05, 0) is 49.7 Å². The average Bonchev–Trinajstić information content (AvgIpc) is 1.56. The predicted molar refractivity (Wildman–Crippen MR) is 692 cm³/mol. The van der Waals surface area contributed by atoms with Crippen LogP contribution in [0.15, 0.2) is 123 Å². The van der Waals surface area contributed by atoms with Crippen LogP contribution in [-0.4, -0.2) is 44.5 Å². The first-order valence-corrected chi connectivity index (χ1v) is 109. The van der Waals surface area contributed by atoms with Crippen molar-refractivity contribution in [3.63, 3.8) is 0 Å². The lowest BCUT2D eigenvalue weighted by atomic mass is 10.0. The van der Waals surface area contributed by atoms with E-state index < -0.39 is 27.1 Å². The summed E-state index contributed by atoms with van der Waals surface area (Å²) in [5.74, 6) is 0.737. The number of fused-ring (bicyclic) bond motifs is 10. The molecule has 12 nitrogen and oxygen atoms in total. The Bertz CT molecular complexity index is 8910. The van der Waals surface area contributed by atoms with E-state index in [0.717, 1.165) is 37.5 Å². The van der Waals surface area contributed by atoms with Gasteiger partial charge in [0.15, 0.2) is 21.7 Å². The Morgan fingerprint density at radius 2 is 0.475 bits per heavy atom. The fourth-order valence-corrected chi connectivity index (χ4v) is 151. The quantitative estimate of drug-likeness (QED) is 0.108. The van der Waals surface area contributed by atoms with Crippen molar-refractivity contribution >= 4 is 654 Å². The molecular formula is C48H33O12PS61. The van der Waals surface area contributed by atoms with Gasteiger partial charge in [0.25, 0.3) is 0 Å². The van der Waals surface area contributed by atoms with Crippen LogP contribution < -0.4 is 52.9 Å². The molecule has 0 unspecified atom stereocenters. The number of hydrogen-bond acceptors (Lipinski definition) is 18. The van der Waals surface area contributed by atoms with Crippen LogP contribution in [0.2, 0.25) is 0 Å². The molecule has 0 saturated heterocycles. The average molecular weight is 2790 g/mol. The van der Waals surface area contributed by atoms with E-state index in [1.165, 1.54) is 59.8 Å². The van der Waals surface area contributed by atoms with Crippen LogP contribution in [0.25, 0.3) is 83.4 Å². The highest BCUT2D eigenvalue weighted by Gasteiger charge is 2.24. The smallest absolute Gasteiger partial charge is 0.204 e. The van der Waals surface area contributed by atoms with Gasteiger partial charge < -0.3 is 19.4 Å². The van der Waals surface area contributed by atoms with Gasteiger partial charge in [-0.3, -0.25) is 38.4 Å². The maximum absolute atomic E-state index is 13.3. The molecule has 0 bridgehead atoms. The molecule has 10 rings (SSSR count). The molecule has 2 aromatic heterocycles. The van der Waals surface area contributed by atoms with Crippen LogP contribution in [0.3, 0.4) is 0 Å². The van der Waals surface area contributed by atoms with Crippen LogP contribution >= 0.6 is 31.3 Å². The molecule has 10 aromatic rings. The molecule has 8 aromatic carbocycles. The van der Waals surface area contributed by atoms with Gasteiger partial charge in [-0.2, -0.15) is 0 Å². The zero-order valence-electron chi connectivity index (χ0n) is 57.5. The summed E-state index contributed by atoms with van der Waals surface area (Å²) in [4.78, 5) is 115. The number of rotatable bonds is 8. The number of thiophene rings is 2. The molecular weight excluding hydrogens is 2760 g/mol. The first kappa shape index (κ1) is 117. The van der Waals surface area contributed by atoms with Crippen LogP contribution in [-0.2, 0) is 538 Å². The Hall–Kier alpha value is 6.28. The monoisotopic (exact) mass is 2780 g/mol. The minimum atomic E-state index is -0.488. The summed E-state index contributed by atoms with van der Waals surface area (Å²) in [7, 11) is 97.4. The summed E-state index contributed by atoms with van der Waals surface area (Å²) in [6.07, 6.45) is 1.35. The molecule has 1 N–H and O–H groups in total. The van der Waals surface area contributed by atoms with Gasteiger partial charge in [-0.1, -0.05) is 48.5 Å². The Kier molecular flexibility index (Phi) is 72.1. The number of benzene rings is 8. The van der Waals surface area contributed by atoms with Crippen molar-refractivity contribution in [3.05, 3.63) is 167 Å². The topological polar surface area (TPSA) is 192 Å². The second kappa shape index (κ2) is 75.2. The number of aldehydes is 1. The van der Waals surface area contributed by atoms with Crippen molar-refractivity contribution in [2.24, 2.45) is 0 Å². The molecule has 0 amide bonds. The Morgan fingerprint density at radius 3 is 0.680 bits per heavy atom. The highest BCUT2D eigenvalue weighted by molar-refractivity contribution is 8.82. The second-order valence-corrected chi connectivity index (χ2v) is 118. The van der Waals surface area contributed by atoms with Gasteiger partial charge in [0, 0.05) is 596 Å². The third-order valence-electron chi connectivity index (χ3n) is 11.9. The van der Waals surface area contributed by atoms with Gasteiger partial charge in [-0.25, -0.2) is 0 Å². The highest BCUT2D eigenvalue weighted by atomic mass is 33.5. The molecule has 0 saturated carbocycles. The van der Waals surface area contributed by atoms with Gasteiger partial charge in [0.1, 0.15) is 17.8 Å². The largest absolute Gasteiger partial charge is 0.493 e. The van der Waals surface area contributed by atoms with Crippen molar-refractivity contribution in [1.82, 2.24) is 0 Å². The number of carbonyl (C=O) groups excluding carboxylic acids is 1.